The van der Waals surface area contributed by atoms with Gasteiger partial charge in [0.05, 0.1) is 0 Å². The van der Waals surface area contributed by atoms with Gasteiger partial charge in [-0.3, -0.25) is 0 Å². The monoisotopic (exact) mass is 205 g/mol. The van der Waals surface area contributed by atoms with Gasteiger partial charge in [-0.05, 0) is 30.8 Å². The molecule has 0 aromatic heterocycles. The van der Waals surface area contributed by atoms with Crippen LogP contribution in [0.2, 0.25) is 0 Å². The minimum atomic E-state index is -0.581. The standard InChI is InChI=1S/C12H12ClN/c1-10-4-6-11(7-5-10)12(13)8-2-3-9-14-12/h2-9,14H,1H3. The Morgan fingerprint density at radius 2 is 1.86 bits per heavy atom. The molecule has 1 aromatic carbocycles. The van der Waals surface area contributed by atoms with Crippen molar-refractivity contribution in [2.24, 2.45) is 0 Å². The molecule has 1 nitrogen and oxygen atoms in total. The van der Waals surface area contributed by atoms with Crippen LogP contribution < -0.4 is 5.32 Å². The normalized spacial score (nSPS) is 24.7. The van der Waals surface area contributed by atoms with Gasteiger partial charge in [-0.1, -0.05) is 47.5 Å². The maximum absolute atomic E-state index is 6.40. The van der Waals surface area contributed by atoms with Crippen LogP contribution in [0, 0.1) is 6.92 Å². The highest BCUT2D eigenvalue weighted by Crippen LogP contribution is 2.29. The summed E-state index contributed by atoms with van der Waals surface area (Å²) in [4.78, 5) is -0.581. The molecule has 0 saturated carbocycles. The van der Waals surface area contributed by atoms with E-state index >= 15 is 0 Å². The smallest absolute Gasteiger partial charge is 0.157 e. The van der Waals surface area contributed by atoms with Gasteiger partial charge in [-0.2, -0.15) is 0 Å². The molecule has 0 bridgehead atoms. The average Bonchev–Trinajstić information content (AvgIpc) is 2.19. The topological polar surface area (TPSA) is 12.0 Å². The molecule has 1 N–H and O–H groups in total. The average molecular weight is 206 g/mol. The van der Waals surface area contributed by atoms with Crippen molar-refractivity contribution in [3.05, 3.63) is 59.8 Å². The number of rotatable bonds is 1. The molecule has 1 aliphatic heterocycles. The van der Waals surface area contributed by atoms with Gasteiger partial charge in [0.2, 0.25) is 0 Å². The zero-order valence-corrected chi connectivity index (χ0v) is 8.75. The first kappa shape index (κ1) is 9.35. The minimum Gasteiger partial charge on any atom is -0.366 e. The van der Waals surface area contributed by atoms with Crippen molar-refractivity contribution in [3.8, 4) is 0 Å². The second kappa shape index (κ2) is 3.50. The Morgan fingerprint density at radius 3 is 2.43 bits per heavy atom. The van der Waals surface area contributed by atoms with Crippen LogP contribution in [0.3, 0.4) is 0 Å². The molecule has 1 unspecified atom stereocenters. The Morgan fingerprint density at radius 1 is 1.14 bits per heavy atom. The van der Waals surface area contributed by atoms with Gasteiger partial charge in [-0.15, -0.1) is 0 Å². The van der Waals surface area contributed by atoms with Crippen molar-refractivity contribution in [3.63, 3.8) is 0 Å². The van der Waals surface area contributed by atoms with Crippen molar-refractivity contribution in [2.75, 3.05) is 0 Å². The highest BCUT2D eigenvalue weighted by molar-refractivity contribution is 6.25. The van der Waals surface area contributed by atoms with E-state index in [1.54, 1.807) is 0 Å². The lowest BCUT2D eigenvalue weighted by Crippen LogP contribution is -2.32. The molecule has 1 aliphatic rings. The van der Waals surface area contributed by atoms with E-state index in [0.717, 1.165) is 5.56 Å². The zero-order chi connectivity index (χ0) is 10.0. The number of allylic oxidation sites excluding steroid dienone is 2. The van der Waals surface area contributed by atoms with Crippen LogP contribution in [0.15, 0.2) is 48.7 Å². The predicted molar refractivity (Wildman–Crippen MR) is 60.1 cm³/mol. The number of hydrogen-bond acceptors (Lipinski definition) is 1. The molecule has 0 aliphatic carbocycles. The summed E-state index contributed by atoms with van der Waals surface area (Å²) in [6.45, 7) is 2.06. The van der Waals surface area contributed by atoms with Gasteiger partial charge in [0.1, 0.15) is 0 Å². The first-order valence-corrected chi connectivity index (χ1v) is 4.97. The van der Waals surface area contributed by atoms with Crippen molar-refractivity contribution in [1.29, 1.82) is 0 Å². The predicted octanol–water partition coefficient (Wildman–Crippen LogP) is 3.06. The van der Waals surface area contributed by atoms with Gasteiger partial charge in [0, 0.05) is 0 Å². The molecule has 1 aromatic rings. The maximum atomic E-state index is 6.40. The molecule has 1 heterocycles. The lowest BCUT2D eigenvalue weighted by Gasteiger charge is -2.26. The van der Waals surface area contributed by atoms with E-state index in [4.69, 9.17) is 11.6 Å². The minimum absolute atomic E-state index is 0.581. The van der Waals surface area contributed by atoms with Crippen LogP contribution in [0.25, 0.3) is 0 Å². The summed E-state index contributed by atoms with van der Waals surface area (Å²) in [5.41, 5.74) is 2.30. The Balaban J connectivity index is 2.34. The van der Waals surface area contributed by atoms with Crippen LogP contribution in [-0.4, -0.2) is 0 Å². The molecule has 2 rings (SSSR count). The van der Waals surface area contributed by atoms with Crippen LogP contribution in [-0.2, 0) is 5.00 Å². The van der Waals surface area contributed by atoms with E-state index in [-0.39, 0.29) is 0 Å². The van der Waals surface area contributed by atoms with E-state index in [1.807, 2.05) is 36.6 Å². The van der Waals surface area contributed by atoms with E-state index in [1.165, 1.54) is 5.56 Å². The summed E-state index contributed by atoms with van der Waals surface area (Å²) in [5.74, 6) is 0. The summed E-state index contributed by atoms with van der Waals surface area (Å²) >= 11 is 6.40. The Hall–Kier alpha value is -1.21. The van der Waals surface area contributed by atoms with Crippen molar-refractivity contribution in [2.45, 2.75) is 11.9 Å². The molecule has 0 amide bonds. The molecule has 2 heteroatoms. The number of dihydropyridines is 1. The number of benzene rings is 1. The number of nitrogens with one attached hydrogen (secondary N) is 1. The molecule has 14 heavy (non-hydrogen) atoms. The third-order valence-corrected chi connectivity index (χ3v) is 2.75. The van der Waals surface area contributed by atoms with Gasteiger partial charge in [0.25, 0.3) is 0 Å². The second-order valence-corrected chi connectivity index (χ2v) is 4.04. The fourth-order valence-electron chi connectivity index (χ4n) is 1.44. The Bertz CT molecular complexity index is 378. The number of alkyl halides is 1. The number of halogens is 1. The summed E-state index contributed by atoms with van der Waals surface area (Å²) in [5, 5.41) is 3.13. The first-order chi connectivity index (χ1) is 6.71. The lowest BCUT2D eigenvalue weighted by molar-refractivity contribution is 0.666. The summed E-state index contributed by atoms with van der Waals surface area (Å²) in [6.07, 6.45) is 7.67. The molecule has 0 radical (unpaired) electrons. The first-order valence-electron chi connectivity index (χ1n) is 4.59. The van der Waals surface area contributed by atoms with Crippen LogP contribution >= 0.6 is 11.6 Å². The highest BCUT2D eigenvalue weighted by atomic mass is 35.5. The van der Waals surface area contributed by atoms with E-state index in [0.29, 0.717) is 0 Å². The van der Waals surface area contributed by atoms with Crippen molar-refractivity contribution < 1.29 is 0 Å². The van der Waals surface area contributed by atoms with Gasteiger partial charge in [-0.25, -0.2) is 0 Å². The van der Waals surface area contributed by atoms with Crippen molar-refractivity contribution >= 4 is 11.6 Å². The molecule has 0 spiro atoms. The summed E-state index contributed by atoms with van der Waals surface area (Å²) in [6, 6.07) is 8.21. The quantitative estimate of drug-likeness (QED) is 0.549. The van der Waals surface area contributed by atoms with Gasteiger partial charge in [0.15, 0.2) is 5.00 Å². The number of aryl methyl sites for hydroxylation is 1. The zero-order valence-electron chi connectivity index (χ0n) is 8.00. The second-order valence-electron chi connectivity index (χ2n) is 3.44. The molecular formula is C12H12ClN. The SMILES string of the molecule is Cc1ccc(C2(Cl)C=CC=CN2)cc1. The highest BCUT2D eigenvalue weighted by Gasteiger charge is 2.25. The van der Waals surface area contributed by atoms with E-state index in [2.05, 4.69) is 24.4 Å². The Labute approximate surface area is 89.1 Å². The van der Waals surface area contributed by atoms with Crippen LogP contribution in [0.1, 0.15) is 11.1 Å². The molecular weight excluding hydrogens is 194 g/mol. The van der Waals surface area contributed by atoms with E-state index in [9.17, 15) is 0 Å². The van der Waals surface area contributed by atoms with Gasteiger partial charge >= 0.3 is 0 Å². The molecule has 0 fully saturated rings. The maximum Gasteiger partial charge on any atom is 0.157 e. The molecule has 0 saturated heterocycles. The Kier molecular flexibility index (Phi) is 2.34. The summed E-state index contributed by atoms with van der Waals surface area (Å²) in [7, 11) is 0. The third kappa shape index (κ3) is 1.68. The fourth-order valence-corrected chi connectivity index (χ4v) is 1.70. The largest absolute Gasteiger partial charge is 0.366 e. The fraction of sp³-hybridized carbons (Fsp3) is 0.167. The summed E-state index contributed by atoms with van der Waals surface area (Å²) < 4.78 is 0. The molecule has 1 atom stereocenters. The van der Waals surface area contributed by atoms with Crippen molar-refractivity contribution in [1.82, 2.24) is 5.32 Å². The van der Waals surface area contributed by atoms with Crippen LogP contribution in [0.4, 0.5) is 0 Å². The third-order valence-electron chi connectivity index (χ3n) is 2.30. The van der Waals surface area contributed by atoms with Crippen LogP contribution in [0.5, 0.6) is 0 Å². The molecule has 72 valence electrons. The number of hydrogen-bond donors (Lipinski definition) is 1. The lowest BCUT2D eigenvalue weighted by atomic mass is 10.0. The van der Waals surface area contributed by atoms with Gasteiger partial charge < -0.3 is 5.32 Å². The van der Waals surface area contributed by atoms with E-state index < -0.39 is 5.00 Å².